The summed E-state index contributed by atoms with van der Waals surface area (Å²) in [6.45, 7) is 3.72. The quantitative estimate of drug-likeness (QED) is 0.553. The summed E-state index contributed by atoms with van der Waals surface area (Å²) < 4.78 is 11.6. The highest BCUT2D eigenvalue weighted by molar-refractivity contribution is 5.97. The van der Waals surface area contributed by atoms with Crippen molar-refractivity contribution in [3.8, 4) is 0 Å². The molecular weight excluding hydrogens is 398 g/mol. The number of fused-ring (bicyclic) bond motifs is 4. The molecule has 7 heteroatoms. The molecule has 4 rings (SSSR count). The summed E-state index contributed by atoms with van der Waals surface area (Å²) >= 11 is 0. The standard InChI is InChI=1S/C24H27NO6/c1-3-6-18(23(27)28)25-22(26)10-9-14-13(2)16-11-17-15-7-4-5-8-19(15)30-21(17)12-20(16)31-24(14)29/h11-12,18H,3-10H2,1-2H3,(H,25,26)(H,27,28). The smallest absolute Gasteiger partial charge is 0.339 e. The van der Waals surface area contributed by atoms with Crippen LogP contribution in [0.25, 0.3) is 21.9 Å². The number of carbonyl (C=O) groups excluding carboxylic acids is 1. The van der Waals surface area contributed by atoms with Crippen molar-refractivity contribution < 1.29 is 23.5 Å². The first-order valence-corrected chi connectivity index (χ1v) is 10.9. The minimum absolute atomic E-state index is 0.0218. The van der Waals surface area contributed by atoms with Gasteiger partial charge in [-0.25, -0.2) is 9.59 Å². The Morgan fingerprint density at radius 1 is 1.13 bits per heavy atom. The van der Waals surface area contributed by atoms with E-state index in [1.807, 2.05) is 19.9 Å². The van der Waals surface area contributed by atoms with Crippen LogP contribution in [0, 0.1) is 6.92 Å². The van der Waals surface area contributed by atoms with Crippen molar-refractivity contribution in [2.24, 2.45) is 0 Å². The van der Waals surface area contributed by atoms with Crippen LogP contribution >= 0.6 is 0 Å². The van der Waals surface area contributed by atoms with Crippen molar-refractivity contribution >= 4 is 33.8 Å². The van der Waals surface area contributed by atoms with Crippen LogP contribution in [-0.4, -0.2) is 23.0 Å². The molecule has 0 bridgehead atoms. The Labute approximate surface area is 179 Å². The third-order valence-corrected chi connectivity index (χ3v) is 6.18. The summed E-state index contributed by atoms with van der Waals surface area (Å²) in [5, 5.41) is 13.6. The van der Waals surface area contributed by atoms with Gasteiger partial charge in [-0.2, -0.15) is 0 Å². The van der Waals surface area contributed by atoms with Crippen molar-refractivity contribution in [2.75, 3.05) is 0 Å². The zero-order chi connectivity index (χ0) is 22.1. The number of aryl methyl sites for hydroxylation is 3. The summed E-state index contributed by atoms with van der Waals surface area (Å²) in [6, 6.07) is 2.91. The summed E-state index contributed by atoms with van der Waals surface area (Å²) in [6.07, 6.45) is 5.40. The maximum atomic E-state index is 12.6. The van der Waals surface area contributed by atoms with E-state index >= 15 is 0 Å². The Hall–Kier alpha value is -3.09. The van der Waals surface area contributed by atoms with Crippen LogP contribution in [-0.2, 0) is 28.9 Å². The fourth-order valence-electron chi connectivity index (χ4n) is 4.48. The number of carboxylic acid groups (broad SMARTS) is 1. The molecule has 0 aliphatic heterocycles. The average molecular weight is 425 g/mol. The minimum Gasteiger partial charge on any atom is -0.480 e. The third-order valence-electron chi connectivity index (χ3n) is 6.18. The Morgan fingerprint density at radius 2 is 1.87 bits per heavy atom. The highest BCUT2D eigenvalue weighted by Crippen LogP contribution is 2.35. The SMILES string of the molecule is CCCC(NC(=O)CCc1c(C)c2cc3c4c(oc3cc2oc1=O)CCCC4)C(=O)O. The number of aliphatic carboxylic acids is 1. The first-order chi connectivity index (χ1) is 14.9. The Morgan fingerprint density at radius 3 is 2.61 bits per heavy atom. The van der Waals surface area contributed by atoms with E-state index in [0.717, 1.165) is 53.4 Å². The molecule has 7 nitrogen and oxygen atoms in total. The van der Waals surface area contributed by atoms with E-state index in [0.29, 0.717) is 24.0 Å². The van der Waals surface area contributed by atoms with Gasteiger partial charge in [0, 0.05) is 40.8 Å². The third kappa shape index (κ3) is 4.09. The minimum atomic E-state index is -1.05. The van der Waals surface area contributed by atoms with E-state index in [1.54, 1.807) is 6.07 Å². The number of hydrogen-bond donors (Lipinski definition) is 2. The highest BCUT2D eigenvalue weighted by atomic mass is 16.4. The number of furan rings is 1. The van der Waals surface area contributed by atoms with Crippen LogP contribution in [0.15, 0.2) is 25.8 Å². The molecule has 1 atom stereocenters. The van der Waals surface area contributed by atoms with Crippen molar-refractivity contribution in [2.45, 2.75) is 71.3 Å². The molecule has 0 radical (unpaired) electrons. The van der Waals surface area contributed by atoms with Crippen LogP contribution in [0.1, 0.15) is 61.5 Å². The van der Waals surface area contributed by atoms with Crippen LogP contribution in [0.2, 0.25) is 0 Å². The molecule has 2 N–H and O–H groups in total. The van der Waals surface area contributed by atoms with E-state index < -0.39 is 17.6 Å². The topological polar surface area (TPSA) is 110 Å². The summed E-state index contributed by atoms with van der Waals surface area (Å²) in [5.74, 6) is -0.420. The first kappa shape index (κ1) is 21.2. The van der Waals surface area contributed by atoms with Gasteiger partial charge < -0.3 is 19.3 Å². The number of nitrogens with one attached hydrogen (secondary N) is 1. The molecule has 31 heavy (non-hydrogen) atoms. The molecule has 2 aromatic heterocycles. The molecule has 1 unspecified atom stereocenters. The molecule has 0 saturated carbocycles. The maximum absolute atomic E-state index is 12.6. The summed E-state index contributed by atoms with van der Waals surface area (Å²) in [5.41, 5.74) is 3.21. The van der Waals surface area contributed by atoms with Gasteiger partial charge in [-0.05, 0) is 50.7 Å². The number of carbonyl (C=O) groups is 2. The number of benzene rings is 1. The molecule has 0 spiro atoms. The monoisotopic (exact) mass is 425 g/mol. The van der Waals surface area contributed by atoms with Crippen LogP contribution < -0.4 is 10.9 Å². The lowest BCUT2D eigenvalue weighted by Crippen LogP contribution is -2.40. The van der Waals surface area contributed by atoms with Gasteiger partial charge in [-0.3, -0.25) is 4.79 Å². The lowest BCUT2D eigenvalue weighted by atomic mass is 9.94. The Kier molecular flexibility index (Phi) is 5.85. The van der Waals surface area contributed by atoms with Gasteiger partial charge in [-0.1, -0.05) is 13.3 Å². The molecule has 1 aliphatic carbocycles. The van der Waals surface area contributed by atoms with Gasteiger partial charge in [-0.15, -0.1) is 0 Å². The Bertz CT molecular complexity index is 1220. The van der Waals surface area contributed by atoms with Crippen molar-refractivity contribution in [3.63, 3.8) is 0 Å². The van der Waals surface area contributed by atoms with Crippen molar-refractivity contribution in [1.82, 2.24) is 5.32 Å². The van der Waals surface area contributed by atoms with E-state index in [9.17, 15) is 19.5 Å². The lowest BCUT2D eigenvalue weighted by Gasteiger charge is -2.14. The zero-order valence-electron chi connectivity index (χ0n) is 17.9. The summed E-state index contributed by atoms with van der Waals surface area (Å²) in [4.78, 5) is 36.1. The van der Waals surface area contributed by atoms with Gasteiger partial charge >= 0.3 is 11.6 Å². The fraction of sp³-hybridized carbons (Fsp3) is 0.458. The molecular formula is C24H27NO6. The van der Waals surface area contributed by atoms with Gasteiger partial charge in [0.25, 0.3) is 0 Å². The molecule has 1 amide bonds. The largest absolute Gasteiger partial charge is 0.480 e. The second kappa shape index (κ2) is 8.57. The Balaban J connectivity index is 1.62. The average Bonchev–Trinajstić information content (AvgIpc) is 3.09. The van der Waals surface area contributed by atoms with Gasteiger partial charge in [0.15, 0.2) is 0 Å². The zero-order valence-corrected chi connectivity index (χ0v) is 17.9. The summed E-state index contributed by atoms with van der Waals surface area (Å²) in [7, 11) is 0. The maximum Gasteiger partial charge on any atom is 0.339 e. The normalized spacial score (nSPS) is 14.5. The number of carboxylic acids is 1. The highest BCUT2D eigenvalue weighted by Gasteiger charge is 2.22. The second-order valence-electron chi connectivity index (χ2n) is 8.30. The van der Waals surface area contributed by atoms with Crippen LogP contribution in [0.5, 0.6) is 0 Å². The van der Waals surface area contributed by atoms with Gasteiger partial charge in [0.1, 0.15) is 23.0 Å². The molecule has 0 saturated heterocycles. The number of hydrogen-bond acceptors (Lipinski definition) is 5. The number of rotatable bonds is 7. The van der Waals surface area contributed by atoms with Gasteiger partial charge in [0.05, 0.1) is 0 Å². The van der Waals surface area contributed by atoms with Crippen LogP contribution in [0.4, 0.5) is 0 Å². The van der Waals surface area contributed by atoms with E-state index in [2.05, 4.69) is 5.32 Å². The number of amides is 1. The van der Waals surface area contributed by atoms with Crippen molar-refractivity contribution in [3.05, 3.63) is 45.0 Å². The molecule has 164 valence electrons. The first-order valence-electron chi connectivity index (χ1n) is 10.9. The van der Waals surface area contributed by atoms with Crippen molar-refractivity contribution in [1.29, 1.82) is 0 Å². The predicted molar refractivity (Wildman–Crippen MR) is 116 cm³/mol. The van der Waals surface area contributed by atoms with Gasteiger partial charge in [0.2, 0.25) is 5.91 Å². The second-order valence-corrected chi connectivity index (χ2v) is 8.30. The van der Waals surface area contributed by atoms with E-state index in [-0.39, 0.29) is 18.7 Å². The molecule has 2 heterocycles. The lowest BCUT2D eigenvalue weighted by molar-refractivity contribution is -0.142. The van der Waals surface area contributed by atoms with Crippen LogP contribution in [0.3, 0.4) is 0 Å². The van der Waals surface area contributed by atoms with E-state index in [1.165, 1.54) is 5.56 Å². The van der Waals surface area contributed by atoms with E-state index in [4.69, 9.17) is 8.83 Å². The fourth-order valence-corrected chi connectivity index (χ4v) is 4.48. The molecule has 1 aliphatic rings. The molecule has 3 aromatic rings. The molecule has 0 fully saturated rings. The predicted octanol–water partition coefficient (Wildman–Crippen LogP) is 4.03. The molecule has 1 aromatic carbocycles.